The van der Waals surface area contributed by atoms with E-state index >= 15 is 0 Å². The summed E-state index contributed by atoms with van der Waals surface area (Å²) < 4.78 is 2.21. The van der Waals surface area contributed by atoms with E-state index in [1.54, 1.807) is 24.3 Å². The molecule has 0 saturated heterocycles. The average Bonchev–Trinajstić information content (AvgIpc) is 2.81. The van der Waals surface area contributed by atoms with E-state index in [4.69, 9.17) is 0 Å². The molecule has 106 valence electrons. The number of carbonyl (C=O) groups is 1. The number of nitrogens with one attached hydrogen (secondary N) is 1. The number of aromatic nitrogens is 4. The second kappa shape index (κ2) is 6.14. The molecule has 1 aromatic heterocycles. The summed E-state index contributed by atoms with van der Waals surface area (Å²) in [7, 11) is 0. The maximum absolute atomic E-state index is 12.1. The minimum atomic E-state index is -0.435. The standard InChI is InChI=1S/C13H17N5O2/c1-3-10(2)14-12(19)9-17-13(20)18(16-15-17)11-7-5-4-6-8-11/h4-8,10H,3,9H2,1-2H3,(H,14,19)/t10-/m0/s1. The van der Waals surface area contributed by atoms with Gasteiger partial charge in [-0.05, 0) is 35.9 Å². The quantitative estimate of drug-likeness (QED) is 0.853. The van der Waals surface area contributed by atoms with Crippen LogP contribution >= 0.6 is 0 Å². The predicted octanol–water partition coefficient (Wildman–Crippen LogP) is 0.344. The van der Waals surface area contributed by atoms with Gasteiger partial charge in [0.2, 0.25) is 5.91 Å². The van der Waals surface area contributed by atoms with E-state index in [9.17, 15) is 9.59 Å². The van der Waals surface area contributed by atoms with Crippen molar-refractivity contribution in [3.63, 3.8) is 0 Å². The fourth-order valence-corrected chi connectivity index (χ4v) is 1.66. The molecule has 0 radical (unpaired) electrons. The van der Waals surface area contributed by atoms with Crippen molar-refractivity contribution in [2.45, 2.75) is 32.9 Å². The molecule has 1 heterocycles. The Kier molecular flexibility index (Phi) is 4.29. The van der Waals surface area contributed by atoms with Gasteiger partial charge in [-0.1, -0.05) is 25.1 Å². The number of hydrogen-bond donors (Lipinski definition) is 1. The van der Waals surface area contributed by atoms with Crippen molar-refractivity contribution in [1.82, 2.24) is 25.1 Å². The molecule has 0 spiro atoms. The van der Waals surface area contributed by atoms with Gasteiger partial charge in [-0.15, -0.1) is 0 Å². The lowest BCUT2D eigenvalue weighted by molar-refractivity contribution is -0.122. The summed E-state index contributed by atoms with van der Waals surface area (Å²) in [5.41, 5.74) is 0.182. The van der Waals surface area contributed by atoms with Crippen molar-refractivity contribution in [1.29, 1.82) is 0 Å². The number of carbonyl (C=O) groups excluding carboxylic acids is 1. The summed E-state index contributed by atoms with van der Waals surface area (Å²) in [6.45, 7) is 3.75. The fourth-order valence-electron chi connectivity index (χ4n) is 1.66. The highest BCUT2D eigenvalue weighted by Gasteiger charge is 2.12. The van der Waals surface area contributed by atoms with Crippen LogP contribution in [0.25, 0.3) is 5.69 Å². The second-order valence-electron chi connectivity index (χ2n) is 4.54. The van der Waals surface area contributed by atoms with Crippen LogP contribution in [0.3, 0.4) is 0 Å². The van der Waals surface area contributed by atoms with Crippen LogP contribution in [0.1, 0.15) is 20.3 Å². The first kappa shape index (κ1) is 14.0. The number of hydrogen-bond acceptors (Lipinski definition) is 4. The first-order chi connectivity index (χ1) is 9.61. The maximum Gasteiger partial charge on any atom is 0.368 e. The Hall–Kier alpha value is -2.44. The second-order valence-corrected chi connectivity index (χ2v) is 4.54. The van der Waals surface area contributed by atoms with Crippen molar-refractivity contribution in [2.24, 2.45) is 0 Å². The van der Waals surface area contributed by atoms with Crippen LogP contribution in [-0.4, -0.2) is 31.7 Å². The van der Waals surface area contributed by atoms with E-state index in [1.165, 1.54) is 0 Å². The van der Waals surface area contributed by atoms with Gasteiger partial charge in [-0.2, -0.15) is 9.36 Å². The lowest BCUT2D eigenvalue weighted by atomic mass is 10.2. The van der Waals surface area contributed by atoms with Gasteiger partial charge in [-0.3, -0.25) is 4.79 Å². The van der Waals surface area contributed by atoms with Gasteiger partial charge in [0.25, 0.3) is 0 Å². The Morgan fingerprint density at radius 2 is 2.00 bits per heavy atom. The monoisotopic (exact) mass is 275 g/mol. The third kappa shape index (κ3) is 3.11. The Balaban J connectivity index is 2.14. The molecule has 7 nitrogen and oxygen atoms in total. The predicted molar refractivity (Wildman–Crippen MR) is 73.5 cm³/mol. The highest BCUT2D eigenvalue weighted by molar-refractivity contribution is 5.75. The Morgan fingerprint density at radius 3 is 2.65 bits per heavy atom. The molecule has 1 amide bonds. The number of para-hydroxylation sites is 1. The van der Waals surface area contributed by atoms with E-state index in [2.05, 4.69) is 15.7 Å². The summed E-state index contributed by atoms with van der Waals surface area (Å²) in [5, 5.41) is 10.3. The average molecular weight is 275 g/mol. The summed E-state index contributed by atoms with van der Waals surface area (Å²) in [6, 6.07) is 9.02. The van der Waals surface area contributed by atoms with Gasteiger partial charge in [-0.25, -0.2) is 4.79 Å². The van der Waals surface area contributed by atoms with Gasteiger partial charge in [0.15, 0.2) is 0 Å². The zero-order valence-electron chi connectivity index (χ0n) is 11.5. The molecule has 7 heteroatoms. The highest BCUT2D eigenvalue weighted by Crippen LogP contribution is 2.00. The van der Waals surface area contributed by atoms with Gasteiger partial charge >= 0.3 is 5.69 Å². The van der Waals surface area contributed by atoms with Gasteiger partial charge in [0, 0.05) is 6.04 Å². The molecular weight excluding hydrogens is 258 g/mol. The van der Waals surface area contributed by atoms with E-state index in [1.807, 2.05) is 19.9 Å². The number of rotatable bonds is 5. The summed E-state index contributed by atoms with van der Waals surface area (Å²) >= 11 is 0. The van der Waals surface area contributed by atoms with Crippen molar-refractivity contribution in [3.8, 4) is 5.69 Å². The molecule has 0 aliphatic carbocycles. The molecule has 0 saturated carbocycles. The molecule has 0 bridgehead atoms. The van der Waals surface area contributed by atoms with Crippen LogP contribution < -0.4 is 11.0 Å². The Labute approximate surface area is 116 Å². The van der Waals surface area contributed by atoms with Crippen LogP contribution in [0, 0.1) is 0 Å². The number of amides is 1. The van der Waals surface area contributed by atoms with Crippen molar-refractivity contribution < 1.29 is 4.79 Å². The molecule has 20 heavy (non-hydrogen) atoms. The molecular formula is C13H17N5O2. The van der Waals surface area contributed by atoms with Crippen molar-refractivity contribution in [2.75, 3.05) is 0 Å². The molecule has 0 fully saturated rings. The lowest BCUT2D eigenvalue weighted by Crippen LogP contribution is -2.37. The smallest absolute Gasteiger partial charge is 0.352 e. The number of tetrazole rings is 1. The van der Waals surface area contributed by atoms with E-state index in [0.29, 0.717) is 5.69 Å². The molecule has 0 unspecified atom stereocenters. The van der Waals surface area contributed by atoms with E-state index < -0.39 is 5.69 Å². The molecule has 1 N–H and O–H groups in total. The summed E-state index contributed by atoms with van der Waals surface area (Å²) in [4.78, 5) is 23.8. The third-order valence-electron chi connectivity index (χ3n) is 2.95. The van der Waals surface area contributed by atoms with Crippen LogP contribution in [0.5, 0.6) is 0 Å². The molecule has 1 atom stereocenters. The Morgan fingerprint density at radius 1 is 1.30 bits per heavy atom. The molecule has 1 aromatic carbocycles. The van der Waals surface area contributed by atoms with Crippen molar-refractivity contribution in [3.05, 3.63) is 40.8 Å². The van der Waals surface area contributed by atoms with Crippen LogP contribution in [0.15, 0.2) is 35.1 Å². The minimum Gasteiger partial charge on any atom is -0.352 e. The van der Waals surface area contributed by atoms with Gasteiger partial charge in [0.05, 0.1) is 5.69 Å². The summed E-state index contributed by atoms with van der Waals surface area (Å²) in [5.74, 6) is -0.249. The topological polar surface area (TPSA) is 81.8 Å². The minimum absolute atomic E-state index is 0.0716. The zero-order chi connectivity index (χ0) is 14.5. The van der Waals surface area contributed by atoms with E-state index in [0.717, 1.165) is 15.8 Å². The van der Waals surface area contributed by atoms with Crippen LogP contribution in [-0.2, 0) is 11.3 Å². The first-order valence-corrected chi connectivity index (χ1v) is 6.49. The van der Waals surface area contributed by atoms with Gasteiger partial charge < -0.3 is 5.32 Å². The zero-order valence-corrected chi connectivity index (χ0v) is 11.5. The molecule has 0 aliphatic heterocycles. The number of nitrogens with zero attached hydrogens (tertiary/aromatic N) is 4. The normalized spacial score (nSPS) is 12.1. The number of benzene rings is 1. The van der Waals surface area contributed by atoms with Gasteiger partial charge in [0.1, 0.15) is 6.54 Å². The van der Waals surface area contributed by atoms with Crippen molar-refractivity contribution >= 4 is 5.91 Å². The maximum atomic E-state index is 12.1. The Bertz CT molecular complexity index is 632. The fraction of sp³-hybridized carbons (Fsp3) is 0.385. The SMILES string of the molecule is CC[C@H](C)NC(=O)Cn1nnn(-c2ccccc2)c1=O. The first-order valence-electron chi connectivity index (χ1n) is 6.49. The molecule has 2 rings (SSSR count). The lowest BCUT2D eigenvalue weighted by Gasteiger charge is -2.10. The van der Waals surface area contributed by atoms with Crippen LogP contribution in [0.2, 0.25) is 0 Å². The highest BCUT2D eigenvalue weighted by atomic mass is 16.2. The third-order valence-corrected chi connectivity index (χ3v) is 2.95. The van der Waals surface area contributed by atoms with Crippen LogP contribution in [0.4, 0.5) is 0 Å². The van der Waals surface area contributed by atoms with E-state index in [-0.39, 0.29) is 18.5 Å². The summed E-state index contributed by atoms with van der Waals surface area (Å²) in [6.07, 6.45) is 0.831. The molecule has 2 aromatic rings. The molecule has 0 aliphatic rings. The largest absolute Gasteiger partial charge is 0.368 e.